The summed E-state index contributed by atoms with van der Waals surface area (Å²) in [4.78, 5) is 4.72. The molecule has 0 radical (unpaired) electrons. The molecule has 0 saturated heterocycles. The number of hydrogen-bond donors (Lipinski definition) is 0. The fourth-order valence-corrected chi connectivity index (χ4v) is 9.86. The second kappa shape index (κ2) is 13.1. The van der Waals surface area contributed by atoms with E-state index in [9.17, 15) is 0 Å². The van der Waals surface area contributed by atoms with Gasteiger partial charge in [0, 0.05) is 45.0 Å². The van der Waals surface area contributed by atoms with Crippen molar-refractivity contribution in [1.82, 2.24) is 4.57 Å². The topological polar surface area (TPSA) is 20.6 Å². The van der Waals surface area contributed by atoms with Gasteiger partial charge in [-0.15, -0.1) is 0 Å². The lowest BCUT2D eigenvalue weighted by molar-refractivity contribution is 0.439. The standard InChI is InChI=1S/C55H37N3O/c1-4-18-38(19-5-1)56(39-20-6-2-7-21-39)41-32-34-42(35-33-41)57-48-28-14-10-24-43(48)53-51(57)37-36-47-54(53)59-52-31-17-13-27-46(52)55(47)44-25-11-15-29-49(44)58(40-22-8-3-9-23-40)50-30-16-12-26-45(50)55/h1-37H. The molecule has 0 N–H and O–H groups in total. The van der Waals surface area contributed by atoms with Crippen LogP contribution in [0.4, 0.5) is 34.1 Å². The van der Waals surface area contributed by atoms with E-state index in [0.717, 1.165) is 84.2 Å². The molecule has 2 aliphatic rings. The normalized spacial score (nSPS) is 13.3. The predicted octanol–water partition coefficient (Wildman–Crippen LogP) is 14.5. The number of hydrogen-bond acceptors (Lipinski definition) is 3. The molecular formula is C55H37N3O. The summed E-state index contributed by atoms with van der Waals surface area (Å²) in [5.41, 5.74) is 14.1. The number of benzene rings is 9. The van der Waals surface area contributed by atoms with Gasteiger partial charge in [0.1, 0.15) is 11.5 Å². The number of nitrogens with zero attached hydrogens (tertiary/aromatic N) is 3. The quantitative estimate of drug-likeness (QED) is 0.174. The van der Waals surface area contributed by atoms with Crippen LogP contribution in [0, 0.1) is 0 Å². The Labute approximate surface area is 343 Å². The highest BCUT2D eigenvalue weighted by atomic mass is 16.5. The molecule has 0 aliphatic carbocycles. The van der Waals surface area contributed by atoms with E-state index in [4.69, 9.17) is 4.74 Å². The number of rotatable bonds is 5. The molecule has 0 atom stereocenters. The molecule has 9 aromatic carbocycles. The molecule has 3 heterocycles. The molecule has 12 rings (SSSR count). The monoisotopic (exact) mass is 755 g/mol. The van der Waals surface area contributed by atoms with Crippen molar-refractivity contribution in [2.75, 3.05) is 9.80 Å². The van der Waals surface area contributed by atoms with Crippen molar-refractivity contribution in [2.24, 2.45) is 0 Å². The molecule has 59 heavy (non-hydrogen) atoms. The predicted molar refractivity (Wildman–Crippen MR) is 242 cm³/mol. The van der Waals surface area contributed by atoms with Crippen molar-refractivity contribution < 1.29 is 4.74 Å². The van der Waals surface area contributed by atoms with Crippen LogP contribution in [0.15, 0.2) is 224 Å². The number of ether oxygens (including phenoxy) is 1. The summed E-state index contributed by atoms with van der Waals surface area (Å²) in [6.07, 6.45) is 0. The first-order valence-corrected chi connectivity index (χ1v) is 20.2. The molecule has 10 aromatic rings. The van der Waals surface area contributed by atoms with Crippen LogP contribution < -0.4 is 14.5 Å². The molecule has 278 valence electrons. The van der Waals surface area contributed by atoms with E-state index in [2.05, 4.69) is 239 Å². The lowest BCUT2D eigenvalue weighted by Crippen LogP contribution is -2.39. The van der Waals surface area contributed by atoms with Crippen LogP contribution in [0.3, 0.4) is 0 Å². The number of fused-ring (bicyclic) bond motifs is 12. The van der Waals surface area contributed by atoms with Crippen LogP contribution in [0.5, 0.6) is 11.5 Å². The van der Waals surface area contributed by atoms with Gasteiger partial charge in [0.25, 0.3) is 0 Å². The van der Waals surface area contributed by atoms with Crippen LogP contribution in [0.1, 0.15) is 22.3 Å². The fraction of sp³-hybridized carbons (Fsp3) is 0.0182. The van der Waals surface area contributed by atoms with Gasteiger partial charge in [0.15, 0.2) is 0 Å². The minimum Gasteiger partial charge on any atom is -0.456 e. The van der Waals surface area contributed by atoms with Gasteiger partial charge in [-0.3, -0.25) is 0 Å². The van der Waals surface area contributed by atoms with Crippen molar-refractivity contribution in [1.29, 1.82) is 0 Å². The summed E-state index contributed by atoms with van der Waals surface area (Å²) in [7, 11) is 0. The van der Waals surface area contributed by atoms with Gasteiger partial charge in [-0.2, -0.15) is 0 Å². The third kappa shape index (κ3) is 4.84. The highest BCUT2D eigenvalue weighted by molar-refractivity contribution is 6.13. The van der Waals surface area contributed by atoms with E-state index in [1.807, 2.05) is 0 Å². The molecular weight excluding hydrogens is 719 g/mol. The minimum absolute atomic E-state index is 0.653. The molecule has 4 nitrogen and oxygen atoms in total. The zero-order chi connectivity index (χ0) is 38.9. The fourth-order valence-electron chi connectivity index (χ4n) is 9.86. The lowest BCUT2D eigenvalue weighted by Gasteiger charge is -2.48. The average Bonchev–Trinajstić information content (AvgIpc) is 3.65. The SMILES string of the molecule is c1ccc(N(c2ccccc2)c2ccc(-n3c4ccccc4c4c5c(ccc43)C3(c4ccccc4O5)c4ccccc4N(c4ccccc4)c4ccccc43)cc2)cc1. The molecule has 0 fully saturated rings. The van der Waals surface area contributed by atoms with Crippen molar-refractivity contribution in [3.8, 4) is 17.2 Å². The Morgan fingerprint density at radius 1 is 0.373 bits per heavy atom. The van der Waals surface area contributed by atoms with Gasteiger partial charge in [-0.1, -0.05) is 133 Å². The van der Waals surface area contributed by atoms with Gasteiger partial charge in [-0.25, -0.2) is 0 Å². The number of aromatic nitrogens is 1. The molecule has 1 spiro atoms. The molecule has 4 heteroatoms. The number of anilines is 6. The highest BCUT2D eigenvalue weighted by Gasteiger charge is 2.51. The van der Waals surface area contributed by atoms with E-state index in [1.165, 1.54) is 11.1 Å². The Morgan fingerprint density at radius 2 is 0.898 bits per heavy atom. The molecule has 0 unspecified atom stereocenters. The summed E-state index contributed by atoms with van der Waals surface area (Å²) in [6, 6.07) is 80.6. The van der Waals surface area contributed by atoms with Crippen molar-refractivity contribution >= 4 is 55.9 Å². The summed E-state index contributed by atoms with van der Waals surface area (Å²) in [5.74, 6) is 1.76. The molecule has 0 amide bonds. The smallest absolute Gasteiger partial charge is 0.142 e. The van der Waals surface area contributed by atoms with Gasteiger partial charge in [0.2, 0.25) is 0 Å². The third-order valence-corrected chi connectivity index (χ3v) is 12.2. The van der Waals surface area contributed by atoms with Crippen LogP contribution in [0.25, 0.3) is 27.5 Å². The van der Waals surface area contributed by atoms with Gasteiger partial charge < -0.3 is 19.1 Å². The first-order chi connectivity index (χ1) is 29.3. The van der Waals surface area contributed by atoms with Crippen LogP contribution >= 0.6 is 0 Å². The molecule has 0 bridgehead atoms. The van der Waals surface area contributed by atoms with E-state index in [0.29, 0.717) is 0 Å². The average molecular weight is 756 g/mol. The second-order valence-corrected chi connectivity index (χ2v) is 15.3. The van der Waals surface area contributed by atoms with Gasteiger partial charge in [0.05, 0.1) is 33.2 Å². The van der Waals surface area contributed by atoms with E-state index in [-0.39, 0.29) is 0 Å². The molecule has 0 saturated carbocycles. The maximum Gasteiger partial charge on any atom is 0.142 e. The van der Waals surface area contributed by atoms with E-state index < -0.39 is 5.41 Å². The lowest BCUT2D eigenvalue weighted by atomic mass is 9.61. The van der Waals surface area contributed by atoms with Gasteiger partial charge >= 0.3 is 0 Å². The summed E-state index contributed by atoms with van der Waals surface area (Å²) >= 11 is 0. The zero-order valence-corrected chi connectivity index (χ0v) is 32.1. The van der Waals surface area contributed by atoms with Crippen LogP contribution in [0.2, 0.25) is 0 Å². The van der Waals surface area contributed by atoms with Crippen molar-refractivity contribution in [2.45, 2.75) is 5.41 Å². The first kappa shape index (κ1) is 33.3. The second-order valence-electron chi connectivity index (χ2n) is 15.3. The van der Waals surface area contributed by atoms with Crippen LogP contribution in [-0.2, 0) is 5.41 Å². The zero-order valence-electron chi connectivity index (χ0n) is 32.1. The Kier molecular flexibility index (Phi) is 7.41. The Balaban J connectivity index is 1.10. The van der Waals surface area contributed by atoms with Crippen LogP contribution in [-0.4, -0.2) is 4.57 Å². The highest BCUT2D eigenvalue weighted by Crippen LogP contribution is 2.64. The first-order valence-electron chi connectivity index (χ1n) is 20.2. The maximum atomic E-state index is 7.23. The van der Waals surface area contributed by atoms with E-state index in [1.54, 1.807) is 0 Å². The van der Waals surface area contributed by atoms with Gasteiger partial charge in [-0.05, 0) is 102 Å². The summed E-state index contributed by atoms with van der Waals surface area (Å²) < 4.78 is 9.62. The Bertz CT molecular complexity index is 3100. The van der Waals surface area contributed by atoms with E-state index >= 15 is 0 Å². The largest absolute Gasteiger partial charge is 0.456 e. The number of para-hydroxylation sites is 7. The molecule has 1 aromatic heterocycles. The summed E-state index contributed by atoms with van der Waals surface area (Å²) in [5, 5.41) is 2.25. The Morgan fingerprint density at radius 3 is 1.56 bits per heavy atom. The molecule has 2 aliphatic heterocycles. The maximum absolute atomic E-state index is 7.23. The van der Waals surface area contributed by atoms with Crippen molar-refractivity contribution in [3.63, 3.8) is 0 Å². The Hall–Kier alpha value is -7.82. The third-order valence-electron chi connectivity index (χ3n) is 12.2. The minimum atomic E-state index is -0.653. The van der Waals surface area contributed by atoms with Crippen molar-refractivity contribution in [3.05, 3.63) is 247 Å². The summed E-state index contributed by atoms with van der Waals surface area (Å²) in [6.45, 7) is 0.